The summed E-state index contributed by atoms with van der Waals surface area (Å²) in [4.78, 5) is 30.9. The molecule has 1 atom stereocenters. The largest absolute Gasteiger partial charge is 0.490 e. The number of rotatable bonds is 6. The summed E-state index contributed by atoms with van der Waals surface area (Å²) in [6.45, 7) is 7.47. The molecule has 0 saturated carbocycles. The summed E-state index contributed by atoms with van der Waals surface area (Å²) in [6, 6.07) is 17.9. The van der Waals surface area contributed by atoms with Crippen molar-refractivity contribution in [1.29, 1.82) is 0 Å². The molecular formula is C30H34N2O4. The Bertz CT molecular complexity index is 1270. The lowest BCUT2D eigenvalue weighted by Gasteiger charge is -2.37. The molecule has 2 heterocycles. The van der Waals surface area contributed by atoms with Crippen molar-refractivity contribution in [3.8, 4) is 11.5 Å². The molecule has 0 bridgehead atoms. The monoisotopic (exact) mass is 486 g/mol. The number of carbonyl (C=O) groups is 2. The highest BCUT2D eigenvalue weighted by Gasteiger charge is 2.33. The minimum atomic E-state index is -0.173. The molecule has 0 N–H and O–H groups in total. The van der Waals surface area contributed by atoms with Crippen molar-refractivity contribution < 1.29 is 19.1 Å². The molecule has 0 spiro atoms. The number of ether oxygens (including phenoxy) is 2. The molecule has 0 radical (unpaired) electrons. The van der Waals surface area contributed by atoms with E-state index in [4.69, 9.17) is 9.47 Å². The van der Waals surface area contributed by atoms with E-state index in [1.807, 2.05) is 72.2 Å². The maximum Gasteiger partial charge on any atom is 0.254 e. The number of benzene rings is 3. The predicted molar refractivity (Wildman–Crippen MR) is 140 cm³/mol. The standard InChI is InChI=1S/C30H34N2O4/c1-3-35-27-17-22-14-16-32(20-24(22)18-28(27)36-4-2)29(33)23-11-8-15-31(19-23)30(34)26-13-7-10-21-9-5-6-12-25(21)26/h5-7,9-10,12-13,17-18,23H,3-4,8,11,14-16,19-20H2,1-2H3. The summed E-state index contributed by atoms with van der Waals surface area (Å²) in [5, 5.41) is 2.02. The van der Waals surface area contributed by atoms with Gasteiger partial charge in [-0.1, -0.05) is 36.4 Å². The number of hydrogen-bond acceptors (Lipinski definition) is 4. The molecule has 1 fully saturated rings. The molecule has 6 heteroatoms. The zero-order chi connectivity index (χ0) is 25.1. The topological polar surface area (TPSA) is 59.1 Å². The highest BCUT2D eigenvalue weighted by molar-refractivity contribution is 6.07. The molecule has 2 aliphatic heterocycles. The summed E-state index contributed by atoms with van der Waals surface area (Å²) in [7, 11) is 0. The van der Waals surface area contributed by atoms with Crippen LogP contribution in [0.1, 0.15) is 48.2 Å². The van der Waals surface area contributed by atoms with Crippen molar-refractivity contribution in [2.24, 2.45) is 5.92 Å². The van der Waals surface area contributed by atoms with Crippen molar-refractivity contribution in [2.45, 2.75) is 39.7 Å². The van der Waals surface area contributed by atoms with Crippen LogP contribution in [-0.2, 0) is 17.8 Å². The molecule has 1 unspecified atom stereocenters. The molecule has 2 amide bonds. The van der Waals surface area contributed by atoms with E-state index in [0.29, 0.717) is 45.0 Å². The Morgan fingerprint density at radius 3 is 2.39 bits per heavy atom. The van der Waals surface area contributed by atoms with Crippen LogP contribution >= 0.6 is 0 Å². The molecule has 3 aromatic carbocycles. The molecule has 0 aliphatic carbocycles. The minimum Gasteiger partial charge on any atom is -0.490 e. The van der Waals surface area contributed by atoms with E-state index in [2.05, 4.69) is 6.07 Å². The zero-order valence-electron chi connectivity index (χ0n) is 21.2. The van der Waals surface area contributed by atoms with Crippen LogP contribution in [0.5, 0.6) is 11.5 Å². The minimum absolute atomic E-state index is 0.0121. The van der Waals surface area contributed by atoms with E-state index < -0.39 is 0 Å². The summed E-state index contributed by atoms with van der Waals surface area (Å²) >= 11 is 0. The number of likely N-dealkylation sites (tertiary alicyclic amines) is 1. The Morgan fingerprint density at radius 1 is 0.889 bits per heavy atom. The van der Waals surface area contributed by atoms with Crippen LogP contribution in [0.2, 0.25) is 0 Å². The number of hydrogen-bond donors (Lipinski definition) is 0. The zero-order valence-corrected chi connectivity index (χ0v) is 21.2. The van der Waals surface area contributed by atoms with E-state index >= 15 is 0 Å². The van der Waals surface area contributed by atoms with Gasteiger partial charge in [-0.2, -0.15) is 0 Å². The van der Waals surface area contributed by atoms with E-state index in [1.54, 1.807) is 0 Å². The Hall–Kier alpha value is -3.54. The van der Waals surface area contributed by atoms with E-state index in [0.717, 1.165) is 47.1 Å². The quantitative estimate of drug-likeness (QED) is 0.488. The lowest BCUT2D eigenvalue weighted by Crippen LogP contribution is -2.47. The average Bonchev–Trinajstić information content (AvgIpc) is 2.92. The number of amides is 2. The lowest BCUT2D eigenvalue weighted by atomic mass is 9.93. The summed E-state index contributed by atoms with van der Waals surface area (Å²) in [5.74, 6) is 1.49. The second-order valence-electron chi connectivity index (χ2n) is 9.56. The van der Waals surface area contributed by atoms with Crippen LogP contribution in [0, 0.1) is 5.92 Å². The highest BCUT2D eigenvalue weighted by atomic mass is 16.5. The number of fused-ring (bicyclic) bond motifs is 2. The molecular weight excluding hydrogens is 452 g/mol. The van der Waals surface area contributed by atoms with Crippen LogP contribution in [0.15, 0.2) is 54.6 Å². The van der Waals surface area contributed by atoms with Crippen molar-refractivity contribution >= 4 is 22.6 Å². The van der Waals surface area contributed by atoms with Crippen LogP contribution < -0.4 is 9.47 Å². The third kappa shape index (κ3) is 4.77. The normalized spacial score (nSPS) is 17.6. The first-order chi connectivity index (χ1) is 17.6. The third-order valence-electron chi connectivity index (χ3n) is 7.27. The first kappa shape index (κ1) is 24.2. The van der Waals surface area contributed by atoms with E-state index in [-0.39, 0.29) is 17.7 Å². The fraction of sp³-hybridized carbons (Fsp3) is 0.400. The highest BCUT2D eigenvalue weighted by Crippen LogP contribution is 2.34. The SMILES string of the molecule is CCOc1cc2c(cc1OCC)CN(C(=O)C1CCCN(C(=O)c3cccc4ccccc34)C1)CC2. The Labute approximate surface area is 212 Å². The fourth-order valence-electron chi connectivity index (χ4n) is 5.49. The molecule has 36 heavy (non-hydrogen) atoms. The van der Waals surface area contributed by atoms with Gasteiger partial charge in [-0.3, -0.25) is 9.59 Å². The van der Waals surface area contributed by atoms with Gasteiger partial charge in [0.25, 0.3) is 5.91 Å². The smallest absolute Gasteiger partial charge is 0.254 e. The first-order valence-electron chi connectivity index (χ1n) is 13.1. The number of carbonyl (C=O) groups excluding carboxylic acids is 2. The van der Waals surface area contributed by atoms with Crippen molar-refractivity contribution in [3.05, 3.63) is 71.3 Å². The van der Waals surface area contributed by atoms with E-state index in [9.17, 15) is 9.59 Å². The van der Waals surface area contributed by atoms with Gasteiger partial charge in [0.1, 0.15) is 0 Å². The van der Waals surface area contributed by atoms with Gasteiger partial charge in [-0.05, 0) is 73.2 Å². The molecule has 5 rings (SSSR count). The van der Waals surface area contributed by atoms with Gasteiger partial charge in [0.2, 0.25) is 5.91 Å². The maximum atomic E-state index is 13.6. The van der Waals surface area contributed by atoms with Crippen LogP contribution in [0.25, 0.3) is 10.8 Å². The number of piperidine rings is 1. The molecule has 6 nitrogen and oxygen atoms in total. The van der Waals surface area contributed by atoms with Crippen LogP contribution in [0.3, 0.4) is 0 Å². The van der Waals surface area contributed by atoms with Gasteiger partial charge in [0.05, 0.1) is 19.1 Å². The average molecular weight is 487 g/mol. The molecule has 3 aromatic rings. The molecule has 0 aromatic heterocycles. The predicted octanol–water partition coefficient (Wildman–Crippen LogP) is 5.07. The molecule has 2 aliphatic rings. The van der Waals surface area contributed by atoms with Gasteiger partial charge in [0.15, 0.2) is 11.5 Å². The summed E-state index contributed by atoms with van der Waals surface area (Å²) in [5.41, 5.74) is 3.03. The van der Waals surface area contributed by atoms with Gasteiger partial charge < -0.3 is 19.3 Å². The maximum absolute atomic E-state index is 13.6. The first-order valence-corrected chi connectivity index (χ1v) is 13.1. The summed E-state index contributed by atoms with van der Waals surface area (Å²) in [6.07, 6.45) is 2.44. The van der Waals surface area contributed by atoms with E-state index in [1.165, 1.54) is 5.56 Å². The second-order valence-corrected chi connectivity index (χ2v) is 9.56. The Kier molecular flexibility index (Phi) is 7.12. The van der Waals surface area contributed by atoms with Gasteiger partial charge in [-0.15, -0.1) is 0 Å². The number of nitrogens with zero attached hydrogens (tertiary/aromatic N) is 2. The second kappa shape index (κ2) is 10.6. The van der Waals surface area contributed by atoms with Crippen molar-refractivity contribution in [3.63, 3.8) is 0 Å². The fourth-order valence-corrected chi connectivity index (χ4v) is 5.49. The van der Waals surface area contributed by atoms with Gasteiger partial charge in [-0.25, -0.2) is 0 Å². The van der Waals surface area contributed by atoms with Crippen molar-refractivity contribution in [2.75, 3.05) is 32.8 Å². The Balaban J connectivity index is 1.30. The summed E-state index contributed by atoms with van der Waals surface area (Å²) < 4.78 is 11.6. The van der Waals surface area contributed by atoms with Crippen LogP contribution in [-0.4, -0.2) is 54.5 Å². The molecule has 1 saturated heterocycles. The van der Waals surface area contributed by atoms with Crippen molar-refractivity contribution in [1.82, 2.24) is 9.80 Å². The lowest BCUT2D eigenvalue weighted by molar-refractivity contribution is -0.137. The Morgan fingerprint density at radius 2 is 1.61 bits per heavy atom. The molecule has 188 valence electrons. The van der Waals surface area contributed by atoms with Gasteiger partial charge in [0, 0.05) is 31.7 Å². The third-order valence-corrected chi connectivity index (χ3v) is 7.27. The van der Waals surface area contributed by atoms with Gasteiger partial charge >= 0.3 is 0 Å². The van der Waals surface area contributed by atoms with Crippen LogP contribution in [0.4, 0.5) is 0 Å².